The number of hydrogen-bond acceptors (Lipinski definition) is 4. The first kappa shape index (κ1) is 27.7. The average Bonchev–Trinajstić information content (AvgIpc) is 2.95. The van der Waals surface area contributed by atoms with Gasteiger partial charge in [-0.05, 0) is 48.2 Å². The minimum atomic E-state index is -0.684. The zero-order valence-corrected chi connectivity index (χ0v) is 23.4. The van der Waals surface area contributed by atoms with E-state index in [1.165, 1.54) is 6.42 Å². The van der Waals surface area contributed by atoms with Crippen LogP contribution in [0.15, 0.2) is 83.3 Å². The second kappa shape index (κ2) is 14.0. The number of para-hydroxylation sites is 2. The minimum absolute atomic E-state index is 0.122. The Labute approximate surface area is 233 Å². The van der Waals surface area contributed by atoms with Gasteiger partial charge >= 0.3 is 0 Å². The Balaban J connectivity index is 1.61. The number of hydrogen-bond donors (Lipinski definition) is 1. The summed E-state index contributed by atoms with van der Waals surface area (Å²) in [5, 5.41) is 3.26. The predicted molar refractivity (Wildman–Crippen MR) is 152 cm³/mol. The highest BCUT2D eigenvalue weighted by atomic mass is 79.9. The molecule has 0 bridgehead atoms. The summed E-state index contributed by atoms with van der Waals surface area (Å²) in [6, 6.07) is 24.3. The normalized spacial score (nSPS) is 14.4. The van der Waals surface area contributed by atoms with Crippen LogP contribution in [0.25, 0.3) is 0 Å². The highest BCUT2D eigenvalue weighted by Gasteiger charge is 2.32. The van der Waals surface area contributed by atoms with Crippen LogP contribution < -0.4 is 14.8 Å². The Bertz CT molecular complexity index is 1180. The van der Waals surface area contributed by atoms with Crippen LogP contribution in [0.1, 0.15) is 43.2 Å². The zero-order valence-electron chi connectivity index (χ0n) is 21.8. The highest BCUT2D eigenvalue weighted by molar-refractivity contribution is 9.10. The van der Waals surface area contributed by atoms with Crippen LogP contribution in [0.3, 0.4) is 0 Å². The van der Waals surface area contributed by atoms with Crippen molar-refractivity contribution in [2.24, 2.45) is 0 Å². The molecule has 2 amide bonds. The van der Waals surface area contributed by atoms with Crippen LogP contribution in [0.2, 0.25) is 0 Å². The molecule has 3 aromatic rings. The molecule has 0 radical (unpaired) electrons. The summed E-state index contributed by atoms with van der Waals surface area (Å²) < 4.78 is 12.2. The van der Waals surface area contributed by atoms with E-state index in [2.05, 4.69) is 21.2 Å². The summed E-state index contributed by atoms with van der Waals surface area (Å²) >= 11 is 3.48. The van der Waals surface area contributed by atoms with Gasteiger partial charge in [-0.15, -0.1) is 0 Å². The SMILES string of the molecule is COc1ccccc1OCC(=O)N(Cc1ccc(Br)cc1)C(Cc1ccccc1)C(=O)NC1CCCCC1. The maximum absolute atomic E-state index is 13.8. The first-order chi connectivity index (χ1) is 18.5. The Kier molecular flexibility index (Phi) is 10.2. The van der Waals surface area contributed by atoms with E-state index in [1.54, 1.807) is 24.1 Å². The Morgan fingerprint density at radius 3 is 2.24 bits per heavy atom. The molecule has 1 fully saturated rings. The van der Waals surface area contributed by atoms with E-state index in [4.69, 9.17) is 9.47 Å². The van der Waals surface area contributed by atoms with Crippen LogP contribution in [0, 0.1) is 0 Å². The van der Waals surface area contributed by atoms with Crippen molar-refractivity contribution in [3.63, 3.8) is 0 Å². The summed E-state index contributed by atoms with van der Waals surface area (Å²) in [6.45, 7) is 0.0793. The monoisotopic (exact) mass is 578 g/mol. The molecule has 38 heavy (non-hydrogen) atoms. The molecule has 1 aliphatic carbocycles. The third kappa shape index (κ3) is 7.84. The number of carbonyl (C=O) groups is 2. The van der Waals surface area contributed by atoms with E-state index >= 15 is 0 Å². The summed E-state index contributed by atoms with van der Waals surface area (Å²) in [7, 11) is 1.56. The quantitative estimate of drug-likeness (QED) is 0.306. The van der Waals surface area contributed by atoms with Gasteiger partial charge in [0.05, 0.1) is 7.11 Å². The molecule has 0 aromatic heterocycles. The van der Waals surface area contributed by atoms with Crippen LogP contribution in [0.5, 0.6) is 11.5 Å². The lowest BCUT2D eigenvalue weighted by molar-refractivity contribution is -0.143. The van der Waals surface area contributed by atoms with Crippen molar-refractivity contribution >= 4 is 27.7 Å². The molecule has 4 rings (SSSR count). The average molecular weight is 580 g/mol. The molecule has 1 saturated carbocycles. The van der Waals surface area contributed by atoms with Crippen molar-refractivity contribution in [3.05, 3.63) is 94.5 Å². The van der Waals surface area contributed by atoms with Crippen LogP contribution in [0.4, 0.5) is 0 Å². The number of methoxy groups -OCH3 is 1. The van der Waals surface area contributed by atoms with Crippen molar-refractivity contribution < 1.29 is 19.1 Å². The first-order valence-electron chi connectivity index (χ1n) is 13.2. The van der Waals surface area contributed by atoms with Crippen molar-refractivity contribution in [1.29, 1.82) is 0 Å². The molecule has 1 N–H and O–H groups in total. The largest absolute Gasteiger partial charge is 0.493 e. The molecule has 1 aliphatic rings. The number of benzene rings is 3. The van der Waals surface area contributed by atoms with Gasteiger partial charge in [0, 0.05) is 23.5 Å². The topological polar surface area (TPSA) is 67.9 Å². The van der Waals surface area contributed by atoms with Gasteiger partial charge in [-0.3, -0.25) is 9.59 Å². The smallest absolute Gasteiger partial charge is 0.261 e. The van der Waals surface area contributed by atoms with Gasteiger partial charge in [0.2, 0.25) is 5.91 Å². The zero-order chi connectivity index (χ0) is 26.7. The number of nitrogens with zero attached hydrogens (tertiary/aromatic N) is 1. The van der Waals surface area contributed by atoms with Gasteiger partial charge in [-0.2, -0.15) is 0 Å². The van der Waals surface area contributed by atoms with E-state index in [-0.39, 0.29) is 31.0 Å². The van der Waals surface area contributed by atoms with Gasteiger partial charge < -0.3 is 19.7 Å². The second-order valence-corrected chi connectivity index (χ2v) is 10.6. The first-order valence-corrected chi connectivity index (χ1v) is 14.0. The van der Waals surface area contributed by atoms with Crippen molar-refractivity contribution in [2.75, 3.05) is 13.7 Å². The molecule has 0 saturated heterocycles. The molecule has 1 unspecified atom stereocenters. The minimum Gasteiger partial charge on any atom is -0.493 e. The molecule has 1 atom stereocenters. The molecule has 200 valence electrons. The number of ether oxygens (including phenoxy) is 2. The summed E-state index contributed by atoms with van der Waals surface area (Å²) in [6.07, 6.45) is 5.79. The maximum Gasteiger partial charge on any atom is 0.261 e. The third-order valence-corrected chi connectivity index (χ3v) is 7.44. The van der Waals surface area contributed by atoms with E-state index < -0.39 is 6.04 Å². The van der Waals surface area contributed by atoms with Gasteiger partial charge in [0.15, 0.2) is 18.1 Å². The number of carbonyl (C=O) groups excluding carboxylic acids is 2. The van der Waals surface area contributed by atoms with Crippen LogP contribution >= 0.6 is 15.9 Å². The van der Waals surface area contributed by atoms with Crippen LogP contribution in [-0.4, -0.2) is 42.5 Å². The van der Waals surface area contributed by atoms with Gasteiger partial charge in [0.1, 0.15) is 6.04 Å². The standard InChI is InChI=1S/C31H35BrN2O4/c1-37-28-14-8-9-15-29(28)38-22-30(35)34(21-24-16-18-25(32)19-17-24)27(20-23-10-4-2-5-11-23)31(36)33-26-12-6-3-7-13-26/h2,4-5,8-11,14-19,26-27H,3,6-7,12-13,20-22H2,1H3,(H,33,36). The molecule has 3 aromatic carbocycles. The Hall–Kier alpha value is -3.32. The third-order valence-electron chi connectivity index (χ3n) is 6.91. The summed E-state index contributed by atoms with van der Waals surface area (Å²) in [5.41, 5.74) is 1.93. The number of halogens is 1. The predicted octanol–water partition coefficient (Wildman–Crippen LogP) is 5.93. The molecule has 0 spiro atoms. The fourth-order valence-corrected chi connectivity index (χ4v) is 5.11. The van der Waals surface area contributed by atoms with Gasteiger partial charge in [0.25, 0.3) is 5.91 Å². The number of nitrogens with one attached hydrogen (secondary N) is 1. The molecule has 6 nitrogen and oxygen atoms in total. The molecule has 7 heteroatoms. The van der Waals surface area contributed by atoms with Crippen molar-refractivity contribution in [2.45, 2.75) is 57.2 Å². The Morgan fingerprint density at radius 2 is 1.55 bits per heavy atom. The molecular weight excluding hydrogens is 544 g/mol. The fraction of sp³-hybridized carbons (Fsp3) is 0.355. The summed E-state index contributed by atoms with van der Waals surface area (Å²) in [4.78, 5) is 29.3. The molecule has 0 aliphatic heterocycles. The number of rotatable bonds is 11. The summed E-state index contributed by atoms with van der Waals surface area (Å²) in [5.74, 6) is 0.649. The van der Waals surface area contributed by atoms with E-state index in [9.17, 15) is 9.59 Å². The number of amides is 2. The lowest BCUT2D eigenvalue weighted by atomic mass is 9.94. The van der Waals surface area contributed by atoms with Gasteiger partial charge in [-0.1, -0.05) is 89.8 Å². The van der Waals surface area contributed by atoms with E-state index in [0.717, 1.165) is 41.3 Å². The lowest BCUT2D eigenvalue weighted by Gasteiger charge is -2.33. The van der Waals surface area contributed by atoms with Crippen LogP contribution in [-0.2, 0) is 22.6 Å². The van der Waals surface area contributed by atoms with E-state index in [1.807, 2.05) is 66.7 Å². The fourth-order valence-electron chi connectivity index (χ4n) is 4.85. The van der Waals surface area contributed by atoms with E-state index in [0.29, 0.717) is 17.9 Å². The highest BCUT2D eigenvalue weighted by Crippen LogP contribution is 2.26. The molecule has 0 heterocycles. The Morgan fingerprint density at radius 1 is 0.895 bits per heavy atom. The molecular formula is C31H35BrN2O4. The van der Waals surface area contributed by atoms with Gasteiger partial charge in [-0.25, -0.2) is 0 Å². The van der Waals surface area contributed by atoms with Crippen molar-refractivity contribution in [3.8, 4) is 11.5 Å². The second-order valence-electron chi connectivity index (χ2n) is 9.64. The lowest BCUT2D eigenvalue weighted by Crippen LogP contribution is -2.53. The maximum atomic E-state index is 13.8. The van der Waals surface area contributed by atoms with Crippen molar-refractivity contribution in [1.82, 2.24) is 10.2 Å².